The van der Waals surface area contributed by atoms with Crippen LogP contribution in [0.3, 0.4) is 0 Å². The van der Waals surface area contributed by atoms with E-state index >= 15 is 0 Å². The second kappa shape index (κ2) is 5.45. The van der Waals surface area contributed by atoms with E-state index in [-0.39, 0.29) is 5.82 Å². The van der Waals surface area contributed by atoms with E-state index in [2.05, 4.69) is 4.98 Å². The molecule has 0 bridgehead atoms. The topological polar surface area (TPSA) is 56.2 Å². The highest BCUT2D eigenvalue weighted by molar-refractivity contribution is 5.94. The van der Waals surface area contributed by atoms with Gasteiger partial charge in [-0.15, -0.1) is 0 Å². The van der Waals surface area contributed by atoms with E-state index in [9.17, 15) is 4.39 Å². The van der Waals surface area contributed by atoms with Crippen LogP contribution in [0.15, 0.2) is 60.9 Å². The Labute approximate surface area is 138 Å². The van der Waals surface area contributed by atoms with Gasteiger partial charge in [-0.25, -0.2) is 8.91 Å². The number of benzene rings is 1. The number of nitrogens with two attached hydrogens (primary N) is 1. The van der Waals surface area contributed by atoms with Crippen LogP contribution in [0.2, 0.25) is 0 Å². The van der Waals surface area contributed by atoms with Crippen LogP contribution < -0.4 is 5.73 Å². The molecule has 0 radical (unpaired) electrons. The number of nitrogens with zero attached hydrogens (tertiary/aromatic N) is 3. The van der Waals surface area contributed by atoms with Crippen molar-refractivity contribution in [2.24, 2.45) is 0 Å². The molecule has 0 spiro atoms. The van der Waals surface area contributed by atoms with E-state index < -0.39 is 0 Å². The number of aromatic nitrogens is 3. The fourth-order valence-corrected chi connectivity index (χ4v) is 2.93. The van der Waals surface area contributed by atoms with E-state index in [1.54, 1.807) is 29.0 Å². The van der Waals surface area contributed by atoms with Crippen LogP contribution in [-0.2, 0) is 0 Å². The highest BCUT2D eigenvalue weighted by Crippen LogP contribution is 2.37. The molecule has 0 saturated carbocycles. The van der Waals surface area contributed by atoms with Crippen LogP contribution in [0.1, 0.15) is 5.56 Å². The van der Waals surface area contributed by atoms with Gasteiger partial charge < -0.3 is 5.73 Å². The van der Waals surface area contributed by atoms with Crippen LogP contribution in [-0.4, -0.2) is 14.6 Å². The number of anilines is 1. The molecule has 4 nitrogen and oxygen atoms in total. The number of fused-ring (bicyclic) bond motifs is 1. The summed E-state index contributed by atoms with van der Waals surface area (Å²) in [6.07, 6.45) is 3.49. The molecule has 118 valence electrons. The van der Waals surface area contributed by atoms with Gasteiger partial charge in [0.15, 0.2) is 0 Å². The molecule has 24 heavy (non-hydrogen) atoms. The molecule has 0 amide bonds. The van der Waals surface area contributed by atoms with Gasteiger partial charge in [0, 0.05) is 23.5 Å². The average molecular weight is 318 g/mol. The van der Waals surface area contributed by atoms with Gasteiger partial charge in [0.25, 0.3) is 0 Å². The van der Waals surface area contributed by atoms with Crippen molar-refractivity contribution in [3.8, 4) is 22.4 Å². The highest BCUT2D eigenvalue weighted by atomic mass is 19.1. The Morgan fingerprint density at radius 2 is 1.62 bits per heavy atom. The number of hydrogen-bond acceptors (Lipinski definition) is 3. The SMILES string of the molecule is Cc1ccc(N)n2nc(-c3ccc(F)cc3)c(-c3ccncc3)c12. The predicted molar refractivity (Wildman–Crippen MR) is 93.0 cm³/mol. The molecule has 4 rings (SSSR count). The lowest BCUT2D eigenvalue weighted by atomic mass is 9.99. The first-order valence-corrected chi connectivity index (χ1v) is 7.59. The standard InChI is InChI=1S/C19H15FN4/c1-12-2-7-16(21)24-19(12)17(13-8-10-22-11-9-13)18(23-24)14-3-5-15(20)6-4-14/h2-11H,21H2,1H3. The van der Waals surface area contributed by atoms with Gasteiger partial charge in [0.2, 0.25) is 0 Å². The summed E-state index contributed by atoms with van der Waals surface area (Å²) in [5, 5.41) is 4.70. The summed E-state index contributed by atoms with van der Waals surface area (Å²) in [4.78, 5) is 4.09. The number of halogens is 1. The highest BCUT2D eigenvalue weighted by Gasteiger charge is 2.19. The van der Waals surface area contributed by atoms with Gasteiger partial charge in [0.1, 0.15) is 17.3 Å². The van der Waals surface area contributed by atoms with Gasteiger partial charge in [-0.2, -0.15) is 5.10 Å². The first-order chi connectivity index (χ1) is 11.6. The van der Waals surface area contributed by atoms with Crippen molar-refractivity contribution in [3.63, 3.8) is 0 Å². The zero-order chi connectivity index (χ0) is 16.7. The number of pyridine rings is 2. The van der Waals surface area contributed by atoms with Crippen LogP contribution in [0, 0.1) is 12.7 Å². The summed E-state index contributed by atoms with van der Waals surface area (Å²) >= 11 is 0. The summed E-state index contributed by atoms with van der Waals surface area (Å²) in [5.41, 5.74) is 11.7. The summed E-state index contributed by atoms with van der Waals surface area (Å²) in [6, 6.07) is 14.0. The van der Waals surface area contributed by atoms with E-state index in [0.717, 1.165) is 33.5 Å². The lowest BCUT2D eigenvalue weighted by molar-refractivity contribution is 0.628. The quantitative estimate of drug-likeness (QED) is 0.605. The molecule has 0 atom stereocenters. The lowest BCUT2D eigenvalue weighted by Crippen LogP contribution is -1.99. The van der Waals surface area contributed by atoms with Crippen molar-refractivity contribution < 1.29 is 4.39 Å². The predicted octanol–water partition coefficient (Wildman–Crippen LogP) is 4.09. The smallest absolute Gasteiger partial charge is 0.125 e. The first-order valence-electron chi connectivity index (χ1n) is 7.59. The Morgan fingerprint density at radius 3 is 2.33 bits per heavy atom. The molecule has 0 unspecified atom stereocenters. The van der Waals surface area contributed by atoms with Crippen LogP contribution >= 0.6 is 0 Å². The van der Waals surface area contributed by atoms with Gasteiger partial charge >= 0.3 is 0 Å². The van der Waals surface area contributed by atoms with Gasteiger partial charge in [-0.05, 0) is 60.5 Å². The molecule has 3 heterocycles. The Bertz CT molecular complexity index is 1020. The van der Waals surface area contributed by atoms with Crippen molar-refractivity contribution >= 4 is 11.3 Å². The molecule has 0 aliphatic carbocycles. The van der Waals surface area contributed by atoms with E-state index in [1.165, 1.54) is 12.1 Å². The maximum atomic E-state index is 13.3. The molecule has 0 fully saturated rings. The Balaban J connectivity index is 2.11. The third kappa shape index (κ3) is 2.22. The third-order valence-corrected chi connectivity index (χ3v) is 4.09. The second-order valence-corrected chi connectivity index (χ2v) is 5.67. The summed E-state index contributed by atoms with van der Waals surface area (Å²) in [5.74, 6) is 0.280. The normalized spacial score (nSPS) is 11.1. The fourth-order valence-electron chi connectivity index (χ4n) is 2.93. The molecule has 4 aromatic rings. The molecule has 3 aromatic heterocycles. The largest absolute Gasteiger partial charge is 0.384 e. The maximum Gasteiger partial charge on any atom is 0.125 e. The van der Waals surface area contributed by atoms with Crippen LogP contribution in [0.5, 0.6) is 0 Å². The molecule has 1 aromatic carbocycles. The van der Waals surface area contributed by atoms with E-state index in [4.69, 9.17) is 10.8 Å². The van der Waals surface area contributed by atoms with Gasteiger partial charge in [0.05, 0.1) is 5.52 Å². The maximum absolute atomic E-state index is 13.3. The summed E-state index contributed by atoms with van der Waals surface area (Å²) in [6.45, 7) is 2.02. The Morgan fingerprint density at radius 1 is 0.917 bits per heavy atom. The molecule has 0 saturated heterocycles. The first kappa shape index (κ1) is 14.4. The molecule has 0 aliphatic rings. The lowest BCUT2D eigenvalue weighted by Gasteiger charge is -2.06. The second-order valence-electron chi connectivity index (χ2n) is 5.67. The molecule has 5 heteroatoms. The van der Waals surface area contributed by atoms with Crippen molar-refractivity contribution in [1.29, 1.82) is 0 Å². The number of hydrogen-bond donors (Lipinski definition) is 1. The monoisotopic (exact) mass is 318 g/mol. The third-order valence-electron chi connectivity index (χ3n) is 4.09. The minimum absolute atomic E-state index is 0.274. The summed E-state index contributed by atoms with van der Waals surface area (Å²) < 4.78 is 15.0. The Kier molecular flexibility index (Phi) is 3.27. The number of aryl methyl sites for hydroxylation is 1. The van der Waals surface area contributed by atoms with Crippen molar-refractivity contribution in [2.75, 3.05) is 5.73 Å². The van der Waals surface area contributed by atoms with Gasteiger partial charge in [-0.1, -0.05) is 6.07 Å². The zero-order valence-corrected chi connectivity index (χ0v) is 13.1. The van der Waals surface area contributed by atoms with Crippen LogP contribution in [0.4, 0.5) is 10.2 Å². The number of nitrogen functional groups attached to an aromatic ring is 1. The average Bonchev–Trinajstić information content (AvgIpc) is 3.01. The fraction of sp³-hybridized carbons (Fsp3) is 0.0526. The minimum atomic E-state index is -0.274. The minimum Gasteiger partial charge on any atom is -0.384 e. The molecular formula is C19H15FN4. The van der Waals surface area contributed by atoms with E-state index in [1.807, 2.05) is 31.2 Å². The van der Waals surface area contributed by atoms with Crippen molar-refractivity contribution in [1.82, 2.24) is 14.6 Å². The molecule has 0 aliphatic heterocycles. The molecule has 2 N–H and O–H groups in total. The Hall–Kier alpha value is -3.21. The van der Waals surface area contributed by atoms with Crippen LogP contribution in [0.25, 0.3) is 27.9 Å². The zero-order valence-electron chi connectivity index (χ0n) is 13.1. The number of rotatable bonds is 2. The van der Waals surface area contributed by atoms with Crippen molar-refractivity contribution in [2.45, 2.75) is 6.92 Å². The van der Waals surface area contributed by atoms with E-state index in [0.29, 0.717) is 5.82 Å². The van der Waals surface area contributed by atoms with Crippen molar-refractivity contribution in [3.05, 3.63) is 72.3 Å². The summed E-state index contributed by atoms with van der Waals surface area (Å²) in [7, 11) is 0. The van der Waals surface area contributed by atoms with Gasteiger partial charge in [-0.3, -0.25) is 4.98 Å². The molecular weight excluding hydrogens is 303 g/mol.